The molecule has 0 saturated carbocycles. The van der Waals surface area contributed by atoms with E-state index >= 15 is 0 Å². The fourth-order valence-corrected chi connectivity index (χ4v) is 2.93. The van der Waals surface area contributed by atoms with Crippen molar-refractivity contribution >= 4 is 5.91 Å². The summed E-state index contributed by atoms with van der Waals surface area (Å²) in [5.41, 5.74) is -0.504. The second-order valence-corrected chi connectivity index (χ2v) is 6.72. The predicted molar refractivity (Wildman–Crippen MR) is 113 cm³/mol. The van der Waals surface area contributed by atoms with E-state index in [1.165, 1.54) is 6.07 Å². The zero-order chi connectivity index (χ0) is 31.3. The van der Waals surface area contributed by atoms with Crippen LogP contribution in [0, 0.1) is 0 Å². The van der Waals surface area contributed by atoms with Gasteiger partial charge in [0.2, 0.25) is 5.91 Å². The lowest BCUT2D eigenvalue weighted by Crippen LogP contribution is -2.46. The molecule has 162 valence electrons. The molecular weight excluding hydrogens is 368 g/mol. The van der Waals surface area contributed by atoms with Crippen LogP contribution in [-0.4, -0.2) is 54.6 Å². The average molecular weight is 417 g/mol. The number of nitrogens with zero attached hydrogens (tertiary/aromatic N) is 1. The number of rotatable bonds is 11. The van der Waals surface area contributed by atoms with Crippen molar-refractivity contribution in [1.82, 2.24) is 10.2 Å². The SMILES string of the molecule is [2H]C1([2H])N(C([2H])([2H])[C@@]([2H])(NC(=O)CCCCCCC)[C@]([2H])(O)c2ccc3c(c2)OCCO3)C([2H])([2H])C([2H])([2H])C1([2H])[2H]. The van der Waals surface area contributed by atoms with Crippen molar-refractivity contribution in [2.75, 3.05) is 32.7 Å². The number of nitrogens with one attached hydrogen (secondary N) is 1. The number of unbranched alkanes of at least 4 members (excludes halogenated alkanes) is 4. The van der Waals surface area contributed by atoms with E-state index in [-0.39, 0.29) is 31.1 Å². The molecule has 2 heterocycles. The number of carbonyl (C=O) groups excluding carboxylic acids is 1. The van der Waals surface area contributed by atoms with E-state index in [4.69, 9.17) is 25.9 Å². The maximum Gasteiger partial charge on any atom is 0.220 e. The van der Waals surface area contributed by atoms with Crippen LogP contribution in [0.4, 0.5) is 0 Å². The van der Waals surface area contributed by atoms with Gasteiger partial charge in [-0.15, -0.1) is 0 Å². The second kappa shape index (κ2) is 11.4. The lowest BCUT2D eigenvalue weighted by atomic mass is 10.0. The number of likely N-dealkylation sites (tertiary alicyclic amines) is 1. The number of fused-ring (bicyclic) bond motifs is 1. The molecule has 1 amide bonds. The van der Waals surface area contributed by atoms with Gasteiger partial charge in [0.1, 0.15) is 19.3 Å². The quantitative estimate of drug-likeness (QED) is 0.541. The van der Waals surface area contributed by atoms with Crippen LogP contribution in [-0.2, 0) is 4.79 Å². The van der Waals surface area contributed by atoms with Gasteiger partial charge in [0.25, 0.3) is 0 Å². The van der Waals surface area contributed by atoms with E-state index in [2.05, 4.69) is 0 Å². The Morgan fingerprint density at radius 2 is 1.97 bits per heavy atom. The molecule has 0 unspecified atom stereocenters. The first-order valence-electron chi connectivity index (χ1n) is 15.9. The molecule has 29 heavy (non-hydrogen) atoms. The van der Waals surface area contributed by atoms with Crippen molar-refractivity contribution in [2.45, 2.75) is 70.3 Å². The van der Waals surface area contributed by atoms with Crippen LogP contribution in [0.2, 0.25) is 0 Å². The molecular formula is C23H36N2O4. The molecule has 0 aromatic heterocycles. The molecule has 2 aliphatic heterocycles. The number of benzene rings is 1. The second-order valence-electron chi connectivity index (χ2n) is 6.72. The largest absolute Gasteiger partial charge is 0.486 e. The summed E-state index contributed by atoms with van der Waals surface area (Å²) in [6.45, 7) is -9.16. The Hall–Kier alpha value is -1.79. The summed E-state index contributed by atoms with van der Waals surface area (Å²) in [5.74, 6) is -0.752. The van der Waals surface area contributed by atoms with Crippen LogP contribution < -0.4 is 14.8 Å². The number of hydrogen-bond acceptors (Lipinski definition) is 5. The molecule has 6 heteroatoms. The number of carbonyl (C=O) groups is 1. The molecule has 1 aromatic carbocycles. The van der Waals surface area contributed by atoms with E-state index < -0.39 is 60.7 Å². The van der Waals surface area contributed by atoms with Crippen molar-refractivity contribution in [2.24, 2.45) is 0 Å². The van der Waals surface area contributed by atoms with Gasteiger partial charge >= 0.3 is 0 Å². The third kappa shape index (κ3) is 6.61. The molecule has 6 nitrogen and oxygen atoms in total. The smallest absolute Gasteiger partial charge is 0.220 e. The normalized spacial score (nSPS) is 34.1. The summed E-state index contributed by atoms with van der Waals surface area (Å²) in [5, 5.41) is 13.5. The van der Waals surface area contributed by atoms with E-state index in [9.17, 15) is 9.90 Å². The summed E-state index contributed by atoms with van der Waals surface area (Å²) in [6.07, 6.45) is -7.52. The Morgan fingerprint density at radius 1 is 1.24 bits per heavy atom. The Morgan fingerprint density at radius 3 is 2.72 bits per heavy atom. The zero-order valence-corrected chi connectivity index (χ0v) is 16.5. The summed E-state index contributed by atoms with van der Waals surface area (Å²) in [7, 11) is 0. The summed E-state index contributed by atoms with van der Waals surface area (Å²) in [4.78, 5) is 12.6. The molecule has 0 spiro atoms. The lowest BCUT2D eigenvalue weighted by molar-refractivity contribution is -0.123. The van der Waals surface area contributed by atoms with Gasteiger partial charge in [0.05, 0.1) is 8.76 Å². The fourth-order valence-electron chi connectivity index (χ4n) is 2.93. The Labute approximate surface area is 191 Å². The van der Waals surface area contributed by atoms with E-state index in [1.54, 1.807) is 0 Å². The Balaban J connectivity index is 2.15. The molecule has 0 aliphatic carbocycles. The standard InChI is InChI=1S/C23H36N2O4/c1-2-3-4-5-6-9-22(26)24-19(17-25-12-7-8-13-25)23(27)18-10-11-20-21(16-18)29-15-14-28-20/h10-11,16,19,23,27H,2-9,12-15,17H2,1H3,(H,24,26)/t19-,23-/m1/s1/i7D2,8D2,12D2,13D2,17D2,19D,23D. The van der Waals surface area contributed by atoms with Gasteiger partial charge in [-0.2, -0.15) is 0 Å². The monoisotopic (exact) mass is 416 g/mol. The van der Waals surface area contributed by atoms with Gasteiger partial charge in [-0.1, -0.05) is 38.7 Å². The average Bonchev–Trinajstić information content (AvgIpc) is 2.94. The number of hydrogen-bond donors (Lipinski definition) is 2. The van der Waals surface area contributed by atoms with Crippen LogP contribution in [0.1, 0.15) is 86.3 Å². The van der Waals surface area contributed by atoms with Gasteiger partial charge in [-0.25, -0.2) is 0 Å². The predicted octanol–water partition coefficient (Wildman–Crippen LogP) is 3.43. The van der Waals surface area contributed by atoms with Crippen molar-refractivity contribution < 1.29 is 35.8 Å². The van der Waals surface area contributed by atoms with Crippen LogP contribution in [0.3, 0.4) is 0 Å². The minimum atomic E-state index is -3.95. The minimum Gasteiger partial charge on any atom is -0.486 e. The first-order chi connectivity index (χ1) is 18.6. The lowest BCUT2D eigenvalue weighted by Gasteiger charge is -2.29. The van der Waals surface area contributed by atoms with E-state index in [0.29, 0.717) is 12.8 Å². The van der Waals surface area contributed by atoms with Crippen LogP contribution in [0.25, 0.3) is 0 Å². The molecule has 1 aromatic rings. The zero-order valence-electron chi connectivity index (χ0n) is 28.5. The molecule has 0 bridgehead atoms. The van der Waals surface area contributed by atoms with Crippen molar-refractivity contribution in [3.63, 3.8) is 0 Å². The summed E-state index contributed by atoms with van der Waals surface area (Å²) < 4.78 is 112. The first-order valence-corrected chi connectivity index (χ1v) is 9.88. The van der Waals surface area contributed by atoms with E-state index in [0.717, 1.165) is 31.4 Å². The van der Waals surface area contributed by atoms with Crippen molar-refractivity contribution in [1.29, 1.82) is 0 Å². The summed E-state index contributed by atoms with van der Waals surface area (Å²) >= 11 is 0. The van der Waals surface area contributed by atoms with Gasteiger partial charge in [-0.3, -0.25) is 4.79 Å². The first kappa shape index (κ1) is 11.0. The van der Waals surface area contributed by atoms with Crippen LogP contribution in [0.15, 0.2) is 18.2 Å². The Bertz CT molecular complexity index is 1110. The molecule has 2 atom stereocenters. The maximum absolute atomic E-state index is 13.0. The minimum absolute atomic E-state index is 0.0316. The van der Waals surface area contributed by atoms with Gasteiger partial charge in [0.15, 0.2) is 11.5 Å². The molecule has 1 fully saturated rings. The number of amides is 1. The van der Waals surface area contributed by atoms with Crippen LogP contribution in [0.5, 0.6) is 11.5 Å². The molecule has 2 aliphatic rings. The third-order valence-electron chi connectivity index (χ3n) is 4.45. The number of ether oxygens (including phenoxy) is 2. The highest BCUT2D eigenvalue weighted by Gasteiger charge is 2.27. The summed E-state index contributed by atoms with van der Waals surface area (Å²) in [6, 6.07) is -0.200. The van der Waals surface area contributed by atoms with E-state index in [1.807, 2.05) is 12.2 Å². The van der Waals surface area contributed by atoms with Gasteiger partial charge < -0.3 is 24.8 Å². The molecule has 2 N–H and O–H groups in total. The fraction of sp³-hybridized carbons (Fsp3) is 0.696. The maximum atomic E-state index is 13.0. The van der Waals surface area contributed by atoms with Gasteiger partial charge in [0, 0.05) is 26.6 Å². The van der Waals surface area contributed by atoms with Gasteiger partial charge in [-0.05, 0) is 49.9 Å². The highest BCUT2D eigenvalue weighted by atomic mass is 16.6. The van der Waals surface area contributed by atoms with Crippen molar-refractivity contribution in [3.05, 3.63) is 23.8 Å². The Kier molecular flexibility index (Phi) is 4.33. The van der Waals surface area contributed by atoms with Crippen LogP contribution >= 0.6 is 0 Å². The number of aliphatic hydroxyl groups is 1. The molecule has 0 radical (unpaired) electrons. The third-order valence-corrected chi connectivity index (χ3v) is 4.45. The topological polar surface area (TPSA) is 71.0 Å². The molecule has 1 saturated heterocycles. The molecule has 3 rings (SSSR count). The highest BCUT2D eigenvalue weighted by molar-refractivity contribution is 5.76. The van der Waals surface area contributed by atoms with Crippen molar-refractivity contribution in [3.8, 4) is 11.5 Å². The highest BCUT2D eigenvalue weighted by Crippen LogP contribution is 2.33.